The molecular weight excluding hydrogens is 360 g/mol. The Bertz CT molecular complexity index is 667. The van der Waals surface area contributed by atoms with Crippen LogP contribution in [-0.2, 0) is 6.54 Å². The molecule has 0 radical (unpaired) electrons. The molecule has 0 spiro atoms. The summed E-state index contributed by atoms with van der Waals surface area (Å²) in [5.41, 5.74) is 0.731. The number of aromatic nitrogens is 1. The molecule has 0 aliphatic rings. The molecule has 1 aromatic carbocycles. The third kappa shape index (κ3) is 2.51. The highest BCUT2D eigenvalue weighted by molar-refractivity contribution is 14.1. The van der Waals surface area contributed by atoms with Gasteiger partial charge in [-0.2, -0.15) is 0 Å². The molecule has 0 amide bonds. The van der Waals surface area contributed by atoms with Crippen molar-refractivity contribution in [3.8, 4) is 17.0 Å². The van der Waals surface area contributed by atoms with Crippen LogP contribution in [-0.4, -0.2) is 11.7 Å². The third-order valence-electron chi connectivity index (χ3n) is 2.90. The summed E-state index contributed by atoms with van der Waals surface area (Å²) < 4.78 is 21.4. The molecule has 0 unspecified atom stereocenters. The second kappa shape index (κ2) is 5.73. The normalized spacial score (nSPS) is 10.5. The lowest BCUT2D eigenvalue weighted by Gasteiger charge is -2.15. The van der Waals surface area contributed by atoms with E-state index in [4.69, 9.17) is 4.74 Å². The first-order valence-corrected chi connectivity index (χ1v) is 6.90. The standard InChI is InChI=1S/C14H13FINO2/c1-3-17-11(8-7-10(16)14(17)18)13-9(15)5-4-6-12(13)19-2/h4-8H,3H2,1-2H3. The Labute approximate surface area is 124 Å². The highest BCUT2D eigenvalue weighted by Gasteiger charge is 2.16. The summed E-state index contributed by atoms with van der Waals surface area (Å²) in [6, 6.07) is 8.06. The van der Waals surface area contributed by atoms with Gasteiger partial charge < -0.3 is 9.30 Å². The lowest BCUT2D eigenvalue weighted by molar-refractivity contribution is 0.413. The van der Waals surface area contributed by atoms with E-state index >= 15 is 0 Å². The molecule has 1 aromatic heterocycles. The van der Waals surface area contributed by atoms with Crippen molar-refractivity contribution < 1.29 is 9.13 Å². The molecule has 0 aliphatic carbocycles. The Morgan fingerprint density at radius 3 is 2.68 bits per heavy atom. The van der Waals surface area contributed by atoms with Crippen molar-refractivity contribution >= 4 is 22.6 Å². The van der Waals surface area contributed by atoms with Crippen LogP contribution in [0.1, 0.15) is 6.92 Å². The van der Waals surface area contributed by atoms with Crippen LogP contribution < -0.4 is 10.3 Å². The Balaban J connectivity index is 2.80. The van der Waals surface area contributed by atoms with Crippen molar-refractivity contribution in [3.63, 3.8) is 0 Å². The van der Waals surface area contributed by atoms with E-state index in [0.717, 1.165) is 0 Å². The fourth-order valence-electron chi connectivity index (χ4n) is 2.01. The maximum absolute atomic E-state index is 14.1. The van der Waals surface area contributed by atoms with Crippen molar-refractivity contribution in [3.05, 3.63) is 50.1 Å². The van der Waals surface area contributed by atoms with Gasteiger partial charge >= 0.3 is 0 Å². The highest BCUT2D eigenvalue weighted by Crippen LogP contribution is 2.31. The summed E-state index contributed by atoms with van der Waals surface area (Å²) in [5.74, 6) is 0.0185. The first-order chi connectivity index (χ1) is 9.10. The van der Waals surface area contributed by atoms with Gasteiger partial charge in [-0.1, -0.05) is 6.07 Å². The molecule has 1 heterocycles. The predicted octanol–water partition coefficient (Wildman–Crippen LogP) is 3.29. The van der Waals surface area contributed by atoms with Crippen molar-refractivity contribution in [2.24, 2.45) is 0 Å². The zero-order valence-corrected chi connectivity index (χ0v) is 12.8. The van der Waals surface area contributed by atoms with Gasteiger partial charge in [-0.25, -0.2) is 4.39 Å². The molecule has 3 nitrogen and oxygen atoms in total. The van der Waals surface area contributed by atoms with Crippen LogP contribution in [0.2, 0.25) is 0 Å². The van der Waals surface area contributed by atoms with Gasteiger partial charge in [-0.05, 0) is 53.8 Å². The largest absolute Gasteiger partial charge is 0.496 e. The molecule has 5 heteroatoms. The Hall–Kier alpha value is -1.37. The molecule has 0 saturated heterocycles. The number of benzene rings is 1. The molecule has 0 bridgehead atoms. The van der Waals surface area contributed by atoms with Gasteiger partial charge in [0.05, 0.1) is 21.9 Å². The second-order valence-corrected chi connectivity index (χ2v) is 5.10. The third-order valence-corrected chi connectivity index (χ3v) is 3.72. The van der Waals surface area contributed by atoms with Gasteiger partial charge in [0.25, 0.3) is 5.56 Å². The lowest BCUT2D eigenvalue weighted by Crippen LogP contribution is -2.23. The number of hydrogen-bond donors (Lipinski definition) is 0. The van der Waals surface area contributed by atoms with Crippen molar-refractivity contribution in [2.75, 3.05) is 7.11 Å². The van der Waals surface area contributed by atoms with Crippen LogP contribution in [0, 0.1) is 9.39 Å². The van der Waals surface area contributed by atoms with Gasteiger partial charge in [0, 0.05) is 6.54 Å². The Morgan fingerprint density at radius 2 is 2.05 bits per heavy atom. The van der Waals surface area contributed by atoms with Gasteiger partial charge in [0.15, 0.2) is 0 Å². The summed E-state index contributed by atoms with van der Waals surface area (Å²) in [6.45, 7) is 2.33. The van der Waals surface area contributed by atoms with Crippen LogP contribution in [0.15, 0.2) is 35.1 Å². The molecule has 19 heavy (non-hydrogen) atoms. The van der Waals surface area contributed by atoms with E-state index in [1.165, 1.54) is 13.2 Å². The highest BCUT2D eigenvalue weighted by atomic mass is 127. The predicted molar refractivity (Wildman–Crippen MR) is 81.0 cm³/mol. The van der Waals surface area contributed by atoms with Crippen molar-refractivity contribution in [2.45, 2.75) is 13.5 Å². The molecule has 2 rings (SSSR count). The summed E-state index contributed by atoms with van der Waals surface area (Å²) in [7, 11) is 1.49. The minimum atomic E-state index is -0.401. The van der Waals surface area contributed by atoms with E-state index in [0.29, 0.717) is 27.1 Å². The summed E-state index contributed by atoms with van der Waals surface area (Å²) in [4.78, 5) is 12.1. The van der Waals surface area contributed by atoms with E-state index in [1.54, 1.807) is 28.8 Å². The zero-order chi connectivity index (χ0) is 14.0. The van der Waals surface area contributed by atoms with E-state index in [9.17, 15) is 9.18 Å². The first-order valence-electron chi connectivity index (χ1n) is 5.82. The van der Waals surface area contributed by atoms with E-state index < -0.39 is 5.82 Å². The minimum Gasteiger partial charge on any atom is -0.496 e. The molecule has 2 aromatic rings. The Morgan fingerprint density at radius 1 is 1.32 bits per heavy atom. The number of hydrogen-bond acceptors (Lipinski definition) is 2. The van der Waals surface area contributed by atoms with Crippen LogP contribution in [0.5, 0.6) is 5.75 Å². The average Bonchev–Trinajstić information content (AvgIpc) is 2.41. The fourth-order valence-corrected chi connectivity index (χ4v) is 2.48. The first kappa shape index (κ1) is 14.0. The van der Waals surface area contributed by atoms with Gasteiger partial charge in [0.1, 0.15) is 11.6 Å². The summed E-state index contributed by atoms with van der Waals surface area (Å²) in [6.07, 6.45) is 0. The SMILES string of the molecule is CCn1c(-c2c(F)cccc2OC)ccc(I)c1=O. The van der Waals surface area contributed by atoms with Gasteiger partial charge in [-0.3, -0.25) is 4.79 Å². The van der Waals surface area contributed by atoms with Crippen LogP contribution in [0.25, 0.3) is 11.3 Å². The average molecular weight is 373 g/mol. The Kier molecular flexibility index (Phi) is 4.24. The number of rotatable bonds is 3. The van der Waals surface area contributed by atoms with E-state index in [1.807, 2.05) is 29.5 Å². The van der Waals surface area contributed by atoms with Crippen LogP contribution >= 0.6 is 22.6 Å². The van der Waals surface area contributed by atoms with Gasteiger partial charge in [-0.15, -0.1) is 0 Å². The van der Waals surface area contributed by atoms with Crippen LogP contribution in [0.3, 0.4) is 0 Å². The molecule has 0 saturated carbocycles. The number of methoxy groups -OCH3 is 1. The number of pyridine rings is 1. The minimum absolute atomic E-state index is 0.120. The second-order valence-electron chi connectivity index (χ2n) is 3.93. The van der Waals surface area contributed by atoms with Gasteiger partial charge in [0.2, 0.25) is 0 Å². The number of ether oxygens (including phenoxy) is 1. The van der Waals surface area contributed by atoms with Crippen molar-refractivity contribution in [1.82, 2.24) is 4.57 Å². The maximum Gasteiger partial charge on any atom is 0.264 e. The van der Waals surface area contributed by atoms with Crippen LogP contribution in [0.4, 0.5) is 4.39 Å². The quantitative estimate of drug-likeness (QED) is 0.774. The zero-order valence-electron chi connectivity index (χ0n) is 10.6. The monoisotopic (exact) mass is 373 g/mol. The number of halogens is 2. The topological polar surface area (TPSA) is 31.2 Å². The molecule has 0 N–H and O–H groups in total. The molecule has 0 fully saturated rings. The smallest absolute Gasteiger partial charge is 0.264 e. The van der Waals surface area contributed by atoms with Crippen molar-refractivity contribution in [1.29, 1.82) is 0 Å². The molecular formula is C14H13FINO2. The lowest BCUT2D eigenvalue weighted by atomic mass is 10.1. The maximum atomic E-state index is 14.1. The summed E-state index contributed by atoms with van der Waals surface area (Å²) >= 11 is 1.98. The molecule has 0 atom stereocenters. The molecule has 100 valence electrons. The van der Waals surface area contributed by atoms with E-state index in [2.05, 4.69) is 0 Å². The number of nitrogens with zero attached hydrogens (tertiary/aromatic N) is 1. The molecule has 0 aliphatic heterocycles. The fraction of sp³-hybridized carbons (Fsp3) is 0.214. The summed E-state index contributed by atoms with van der Waals surface area (Å²) in [5, 5.41) is 0. The van der Waals surface area contributed by atoms with E-state index in [-0.39, 0.29) is 5.56 Å².